The Balaban J connectivity index is 0.00000200. The van der Waals surface area contributed by atoms with Crippen molar-refractivity contribution in [3.8, 4) is 0 Å². The molecular formula is C15H19ClN4. The summed E-state index contributed by atoms with van der Waals surface area (Å²) < 4.78 is 0. The lowest BCUT2D eigenvalue weighted by Gasteiger charge is -2.13. The first-order chi connectivity index (χ1) is 8.97. The van der Waals surface area contributed by atoms with Crippen LogP contribution in [0, 0.1) is 5.41 Å². The Hall–Kier alpha value is -2.07. The quantitative estimate of drug-likeness (QED) is 0.822. The summed E-state index contributed by atoms with van der Waals surface area (Å²) in [6.45, 7) is 1.88. The normalized spacial score (nSPS) is 16.4. The second kappa shape index (κ2) is 6.39. The van der Waals surface area contributed by atoms with Gasteiger partial charge in [-0.05, 0) is 48.9 Å². The number of nitrogens with zero attached hydrogens (tertiary/aromatic N) is 2. The smallest absolute Gasteiger partial charge is 0.0870 e. The molecule has 1 aromatic rings. The molecule has 2 rings (SSSR count). The number of benzene rings is 1. The fraction of sp³-hybridized carbons (Fsp3) is 0.200. The molecule has 4 nitrogen and oxygen atoms in total. The molecule has 0 fully saturated rings. The summed E-state index contributed by atoms with van der Waals surface area (Å²) in [6, 6.07) is 7.94. The molecule has 0 unspecified atom stereocenters. The third kappa shape index (κ3) is 3.48. The fourth-order valence-corrected chi connectivity index (χ4v) is 1.77. The third-order valence-electron chi connectivity index (χ3n) is 2.99. The van der Waals surface area contributed by atoms with Gasteiger partial charge in [-0.1, -0.05) is 0 Å². The molecule has 0 atom stereocenters. The minimum absolute atomic E-state index is 0. The molecule has 0 saturated carbocycles. The van der Waals surface area contributed by atoms with E-state index in [4.69, 9.17) is 11.1 Å². The predicted octanol–water partition coefficient (Wildman–Crippen LogP) is 3.07. The lowest BCUT2D eigenvalue weighted by Crippen LogP contribution is -2.17. The summed E-state index contributed by atoms with van der Waals surface area (Å²) in [5.41, 5.74) is 10.4. The minimum Gasteiger partial charge on any atom is -0.397 e. The summed E-state index contributed by atoms with van der Waals surface area (Å²) in [6.07, 6.45) is 3.49. The van der Waals surface area contributed by atoms with Gasteiger partial charge in [-0.25, -0.2) is 4.99 Å². The van der Waals surface area contributed by atoms with E-state index in [-0.39, 0.29) is 12.4 Å². The zero-order chi connectivity index (χ0) is 14.0. The van der Waals surface area contributed by atoms with Crippen molar-refractivity contribution >= 4 is 35.2 Å². The van der Waals surface area contributed by atoms with Gasteiger partial charge in [0, 0.05) is 19.8 Å². The van der Waals surface area contributed by atoms with Crippen LogP contribution in [-0.4, -0.2) is 25.5 Å². The number of nitrogens with one attached hydrogen (secondary N) is 1. The minimum atomic E-state index is 0. The van der Waals surface area contributed by atoms with E-state index in [1.54, 1.807) is 6.08 Å². The highest BCUT2D eigenvalue weighted by Crippen LogP contribution is 2.20. The standard InChI is InChI=1S/C15H18N4.ClH/c1-10-8-15(14(17)9-13(10)16)18-11-4-6-12(7-5-11)19(2)3;/h4-9,16H,17H2,1-3H3;1H. The molecule has 0 bridgehead atoms. The number of nitrogens with two attached hydrogens (primary N) is 1. The number of hydrogen-bond donors (Lipinski definition) is 2. The lowest BCUT2D eigenvalue weighted by molar-refractivity contribution is 1.13. The number of aliphatic imine (C=N–C) groups is 1. The van der Waals surface area contributed by atoms with Gasteiger partial charge in [0.05, 0.1) is 22.8 Å². The molecule has 1 aromatic carbocycles. The predicted molar refractivity (Wildman–Crippen MR) is 88.9 cm³/mol. The molecular weight excluding hydrogens is 272 g/mol. The summed E-state index contributed by atoms with van der Waals surface area (Å²) in [5.74, 6) is 0. The molecule has 0 aromatic heterocycles. The van der Waals surface area contributed by atoms with E-state index in [1.807, 2.05) is 56.3 Å². The highest BCUT2D eigenvalue weighted by molar-refractivity contribution is 6.22. The van der Waals surface area contributed by atoms with Gasteiger partial charge in [-0.2, -0.15) is 0 Å². The second-order valence-corrected chi connectivity index (χ2v) is 4.75. The van der Waals surface area contributed by atoms with Crippen LogP contribution in [0.3, 0.4) is 0 Å². The molecule has 3 N–H and O–H groups in total. The largest absolute Gasteiger partial charge is 0.397 e. The van der Waals surface area contributed by atoms with Gasteiger partial charge in [0.25, 0.3) is 0 Å². The van der Waals surface area contributed by atoms with Gasteiger partial charge in [0.2, 0.25) is 0 Å². The Morgan fingerprint density at radius 2 is 1.70 bits per heavy atom. The number of hydrogen-bond acceptors (Lipinski definition) is 4. The second-order valence-electron chi connectivity index (χ2n) is 4.75. The highest BCUT2D eigenvalue weighted by Gasteiger charge is 2.10. The summed E-state index contributed by atoms with van der Waals surface area (Å²) in [7, 11) is 4.00. The first kappa shape index (κ1) is 16.0. The monoisotopic (exact) mass is 290 g/mol. The van der Waals surface area contributed by atoms with Crippen molar-refractivity contribution in [2.45, 2.75) is 6.92 Å². The van der Waals surface area contributed by atoms with Crippen LogP contribution in [0.2, 0.25) is 0 Å². The maximum absolute atomic E-state index is 7.68. The van der Waals surface area contributed by atoms with E-state index in [0.717, 1.165) is 16.9 Å². The van der Waals surface area contributed by atoms with Crippen LogP contribution in [0.1, 0.15) is 6.92 Å². The summed E-state index contributed by atoms with van der Waals surface area (Å²) in [4.78, 5) is 6.56. The van der Waals surface area contributed by atoms with Crippen molar-refractivity contribution in [1.29, 1.82) is 5.41 Å². The van der Waals surface area contributed by atoms with Crippen LogP contribution in [0.15, 0.2) is 52.7 Å². The zero-order valence-corrected chi connectivity index (χ0v) is 12.7. The number of halogens is 1. The number of rotatable bonds is 2. The maximum atomic E-state index is 7.68. The SMILES string of the molecule is CC1=CC(=Nc2ccc(N(C)C)cc2)C(N)=CC1=N.Cl. The van der Waals surface area contributed by atoms with Crippen molar-refractivity contribution in [1.82, 2.24) is 0 Å². The van der Waals surface area contributed by atoms with Crippen molar-refractivity contribution in [2.75, 3.05) is 19.0 Å². The third-order valence-corrected chi connectivity index (χ3v) is 2.99. The molecule has 0 amide bonds. The maximum Gasteiger partial charge on any atom is 0.0870 e. The Labute approximate surface area is 125 Å². The van der Waals surface area contributed by atoms with Crippen LogP contribution in [0.25, 0.3) is 0 Å². The Morgan fingerprint density at radius 1 is 1.10 bits per heavy atom. The lowest BCUT2D eigenvalue weighted by atomic mass is 10.0. The number of allylic oxidation sites excluding steroid dienone is 3. The van der Waals surface area contributed by atoms with Gasteiger partial charge >= 0.3 is 0 Å². The summed E-state index contributed by atoms with van der Waals surface area (Å²) >= 11 is 0. The van der Waals surface area contributed by atoms with E-state index in [0.29, 0.717) is 17.1 Å². The van der Waals surface area contributed by atoms with Gasteiger partial charge in [0.1, 0.15) is 0 Å². The van der Waals surface area contributed by atoms with Gasteiger partial charge in [0.15, 0.2) is 0 Å². The number of anilines is 1. The van der Waals surface area contributed by atoms with Crippen LogP contribution in [0.5, 0.6) is 0 Å². The first-order valence-corrected chi connectivity index (χ1v) is 6.08. The topological polar surface area (TPSA) is 65.5 Å². The Bertz CT molecular complexity index is 595. The molecule has 0 aliphatic heterocycles. The van der Waals surface area contributed by atoms with Crippen LogP contribution in [0.4, 0.5) is 11.4 Å². The molecule has 20 heavy (non-hydrogen) atoms. The van der Waals surface area contributed by atoms with Crippen molar-refractivity contribution in [2.24, 2.45) is 10.7 Å². The van der Waals surface area contributed by atoms with Crippen LogP contribution < -0.4 is 10.6 Å². The molecule has 0 radical (unpaired) electrons. The molecule has 0 heterocycles. The van der Waals surface area contributed by atoms with E-state index >= 15 is 0 Å². The summed E-state index contributed by atoms with van der Waals surface area (Å²) in [5, 5.41) is 7.68. The zero-order valence-electron chi connectivity index (χ0n) is 11.8. The van der Waals surface area contributed by atoms with E-state index in [1.165, 1.54) is 0 Å². The molecule has 0 saturated heterocycles. The molecule has 1 aliphatic carbocycles. The van der Waals surface area contributed by atoms with E-state index < -0.39 is 0 Å². The molecule has 1 aliphatic rings. The van der Waals surface area contributed by atoms with Crippen molar-refractivity contribution < 1.29 is 0 Å². The van der Waals surface area contributed by atoms with Crippen LogP contribution in [-0.2, 0) is 0 Å². The van der Waals surface area contributed by atoms with Gasteiger partial charge in [-0.15, -0.1) is 12.4 Å². The van der Waals surface area contributed by atoms with Crippen molar-refractivity contribution in [3.63, 3.8) is 0 Å². The van der Waals surface area contributed by atoms with Gasteiger partial charge in [-0.3, -0.25) is 0 Å². The fourth-order valence-electron chi connectivity index (χ4n) is 1.77. The van der Waals surface area contributed by atoms with Crippen molar-refractivity contribution in [3.05, 3.63) is 47.7 Å². The molecule has 0 spiro atoms. The average Bonchev–Trinajstić information content (AvgIpc) is 2.36. The van der Waals surface area contributed by atoms with E-state index in [2.05, 4.69) is 4.99 Å². The van der Waals surface area contributed by atoms with Gasteiger partial charge < -0.3 is 16.0 Å². The Morgan fingerprint density at radius 3 is 2.25 bits per heavy atom. The Kier molecular flexibility index (Phi) is 5.11. The van der Waals surface area contributed by atoms with E-state index in [9.17, 15) is 0 Å². The highest BCUT2D eigenvalue weighted by atomic mass is 35.5. The molecule has 106 valence electrons. The first-order valence-electron chi connectivity index (χ1n) is 6.08. The average molecular weight is 291 g/mol. The molecule has 5 heteroatoms. The van der Waals surface area contributed by atoms with Crippen LogP contribution >= 0.6 is 12.4 Å².